The molecule has 0 aromatic carbocycles. The second-order valence-electron chi connectivity index (χ2n) is 4.76. The molecule has 0 aliphatic heterocycles. The van der Waals surface area contributed by atoms with Crippen LogP contribution in [0.15, 0.2) is 12.3 Å². The zero-order valence-electron chi connectivity index (χ0n) is 10.5. The van der Waals surface area contributed by atoms with Gasteiger partial charge >= 0.3 is 0 Å². The molecule has 1 aliphatic carbocycles. The molecule has 1 aromatic rings. The second kappa shape index (κ2) is 5.31. The molecule has 1 heterocycles. The van der Waals surface area contributed by atoms with Gasteiger partial charge in [0.25, 0.3) is 0 Å². The zero-order valence-corrected chi connectivity index (χ0v) is 10.5. The lowest BCUT2D eigenvalue weighted by Crippen LogP contribution is -2.33. The first kappa shape index (κ1) is 12.1. The number of nitrogens with zero attached hydrogens (tertiary/aromatic N) is 3. The molecule has 0 amide bonds. The number of nitrogens with two attached hydrogens (primary N) is 1. The number of hydrogen-bond acceptors (Lipinski definition) is 5. The van der Waals surface area contributed by atoms with Crippen LogP contribution in [0, 0.1) is 0 Å². The van der Waals surface area contributed by atoms with Gasteiger partial charge in [-0.1, -0.05) is 0 Å². The van der Waals surface area contributed by atoms with E-state index in [1.165, 1.54) is 0 Å². The summed E-state index contributed by atoms with van der Waals surface area (Å²) in [5.74, 6) is 1.31. The largest absolute Gasteiger partial charge is 0.474 e. The molecule has 1 fully saturated rings. The summed E-state index contributed by atoms with van der Waals surface area (Å²) in [7, 11) is 3.82. The molecule has 0 radical (unpaired) electrons. The fourth-order valence-corrected chi connectivity index (χ4v) is 2.07. The van der Waals surface area contributed by atoms with E-state index >= 15 is 0 Å². The van der Waals surface area contributed by atoms with E-state index < -0.39 is 0 Å². The summed E-state index contributed by atoms with van der Waals surface area (Å²) in [5.41, 5.74) is 5.94. The van der Waals surface area contributed by atoms with Crippen molar-refractivity contribution < 1.29 is 4.74 Å². The van der Waals surface area contributed by atoms with Gasteiger partial charge in [0.15, 0.2) is 0 Å². The smallest absolute Gasteiger partial charge is 0.228 e. The van der Waals surface area contributed by atoms with Crippen molar-refractivity contribution in [1.29, 1.82) is 0 Å². The first-order chi connectivity index (χ1) is 8.15. The molecular formula is C12H20N4O. The molecule has 17 heavy (non-hydrogen) atoms. The third-order valence-electron chi connectivity index (χ3n) is 2.97. The summed E-state index contributed by atoms with van der Waals surface area (Å²) >= 11 is 0. The summed E-state index contributed by atoms with van der Waals surface area (Å²) in [5, 5.41) is 0. The van der Waals surface area contributed by atoms with E-state index in [0.717, 1.165) is 25.7 Å². The van der Waals surface area contributed by atoms with Crippen LogP contribution in [0.3, 0.4) is 0 Å². The van der Waals surface area contributed by atoms with Crippen LogP contribution in [0.1, 0.15) is 25.7 Å². The Morgan fingerprint density at radius 2 is 2.24 bits per heavy atom. The Balaban J connectivity index is 2.00. The Morgan fingerprint density at radius 1 is 1.41 bits per heavy atom. The van der Waals surface area contributed by atoms with Crippen molar-refractivity contribution in [1.82, 2.24) is 9.97 Å². The highest BCUT2D eigenvalue weighted by molar-refractivity contribution is 5.29. The Labute approximate surface area is 102 Å². The molecule has 2 atom stereocenters. The number of ether oxygens (including phenoxy) is 1. The Hall–Kier alpha value is -1.36. The minimum Gasteiger partial charge on any atom is -0.474 e. The van der Waals surface area contributed by atoms with Crippen LogP contribution >= 0.6 is 0 Å². The van der Waals surface area contributed by atoms with Crippen molar-refractivity contribution in [3.8, 4) is 5.88 Å². The van der Waals surface area contributed by atoms with E-state index in [-0.39, 0.29) is 12.1 Å². The van der Waals surface area contributed by atoms with E-state index in [1.807, 2.05) is 19.0 Å². The van der Waals surface area contributed by atoms with Crippen molar-refractivity contribution in [2.45, 2.75) is 37.8 Å². The number of hydrogen-bond donors (Lipinski definition) is 1. The van der Waals surface area contributed by atoms with Gasteiger partial charge in [0.05, 0.1) is 0 Å². The standard InChI is InChI=1S/C12H20N4O/c1-16(2)12-14-7-6-11(15-12)17-10-5-3-4-9(13)8-10/h6-7,9-10H,3-5,8,13H2,1-2H3. The van der Waals surface area contributed by atoms with Gasteiger partial charge in [-0.25, -0.2) is 4.98 Å². The molecule has 2 N–H and O–H groups in total. The Kier molecular flexibility index (Phi) is 3.78. The molecule has 2 unspecified atom stereocenters. The highest BCUT2D eigenvalue weighted by atomic mass is 16.5. The van der Waals surface area contributed by atoms with Crippen molar-refractivity contribution in [3.63, 3.8) is 0 Å². The van der Waals surface area contributed by atoms with Gasteiger partial charge in [0.2, 0.25) is 11.8 Å². The van der Waals surface area contributed by atoms with Gasteiger partial charge in [0, 0.05) is 32.4 Å². The van der Waals surface area contributed by atoms with Crippen LogP contribution in [0.25, 0.3) is 0 Å². The van der Waals surface area contributed by atoms with Crippen molar-refractivity contribution in [2.75, 3.05) is 19.0 Å². The minimum atomic E-state index is 0.198. The fourth-order valence-electron chi connectivity index (χ4n) is 2.07. The monoisotopic (exact) mass is 236 g/mol. The summed E-state index contributed by atoms with van der Waals surface area (Å²) in [6, 6.07) is 2.07. The minimum absolute atomic E-state index is 0.198. The van der Waals surface area contributed by atoms with Crippen molar-refractivity contribution in [3.05, 3.63) is 12.3 Å². The molecule has 0 bridgehead atoms. The van der Waals surface area contributed by atoms with Gasteiger partial charge in [-0.2, -0.15) is 4.98 Å². The topological polar surface area (TPSA) is 64.3 Å². The van der Waals surface area contributed by atoms with E-state index in [9.17, 15) is 0 Å². The summed E-state index contributed by atoms with van der Waals surface area (Å²) in [6.45, 7) is 0. The quantitative estimate of drug-likeness (QED) is 0.854. The molecule has 1 aliphatic rings. The number of rotatable bonds is 3. The summed E-state index contributed by atoms with van der Waals surface area (Å²) in [6.07, 6.45) is 6.14. The maximum atomic E-state index is 5.94. The van der Waals surface area contributed by atoms with Crippen LogP contribution in [0.2, 0.25) is 0 Å². The number of aromatic nitrogens is 2. The van der Waals surface area contributed by atoms with Gasteiger partial charge in [-0.05, 0) is 25.7 Å². The zero-order chi connectivity index (χ0) is 12.3. The molecule has 1 aromatic heterocycles. The third kappa shape index (κ3) is 3.30. The van der Waals surface area contributed by atoms with Gasteiger partial charge < -0.3 is 15.4 Å². The molecule has 94 valence electrons. The van der Waals surface area contributed by atoms with Crippen molar-refractivity contribution in [2.24, 2.45) is 5.73 Å². The lowest BCUT2D eigenvalue weighted by Gasteiger charge is -2.26. The lowest BCUT2D eigenvalue weighted by atomic mass is 9.94. The van der Waals surface area contributed by atoms with E-state index in [1.54, 1.807) is 12.3 Å². The summed E-state index contributed by atoms with van der Waals surface area (Å²) < 4.78 is 5.86. The fraction of sp³-hybridized carbons (Fsp3) is 0.667. The second-order valence-corrected chi connectivity index (χ2v) is 4.76. The third-order valence-corrected chi connectivity index (χ3v) is 2.97. The normalized spacial score (nSPS) is 24.4. The summed E-state index contributed by atoms with van der Waals surface area (Å²) in [4.78, 5) is 10.4. The van der Waals surface area contributed by atoms with Gasteiger partial charge in [-0.3, -0.25) is 0 Å². The maximum Gasteiger partial charge on any atom is 0.228 e. The average Bonchev–Trinajstić information content (AvgIpc) is 2.29. The molecular weight excluding hydrogens is 216 g/mol. The highest BCUT2D eigenvalue weighted by Gasteiger charge is 2.21. The first-order valence-corrected chi connectivity index (χ1v) is 6.08. The molecule has 0 spiro atoms. The SMILES string of the molecule is CN(C)c1nccc(OC2CCCC(N)C2)n1. The molecule has 5 nitrogen and oxygen atoms in total. The van der Waals surface area contributed by atoms with E-state index in [4.69, 9.17) is 10.5 Å². The van der Waals surface area contributed by atoms with Crippen molar-refractivity contribution >= 4 is 5.95 Å². The molecule has 1 saturated carbocycles. The van der Waals surface area contributed by atoms with Gasteiger partial charge in [-0.15, -0.1) is 0 Å². The molecule has 0 saturated heterocycles. The van der Waals surface area contributed by atoms with Crippen LogP contribution < -0.4 is 15.4 Å². The maximum absolute atomic E-state index is 5.94. The van der Waals surface area contributed by atoms with Crippen LogP contribution in [-0.2, 0) is 0 Å². The Bertz CT molecular complexity index is 369. The predicted molar refractivity (Wildman–Crippen MR) is 67.2 cm³/mol. The number of anilines is 1. The lowest BCUT2D eigenvalue weighted by molar-refractivity contribution is 0.138. The van der Waals surface area contributed by atoms with Crippen LogP contribution in [0.5, 0.6) is 5.88 Å². The highest BCUT2D eigenvalue weighted by Crippen LogP contribution is 2.22. The van der Waals surface area contributed by atoms with Gasteiger partial charge in [0.1, 0.15) is 6.10 Å². The average molecular weight is 236 g/mol. The molecule has 2 rings (SSSR count). The first-order valence-electron chi connectivity index (χ1n) is 6.08. The molecule has 5 heteroatoms. The van der Waals surface area contributed by atoms with E-state index in [0.29, 0.717) is 11.8 Å². The predicted octanol–water partition coefficient (Wildman–Crippen LogP) is 1.19. The van der Waals surface area contributed by atoms with Crippen LogP contribution in [0.4, 0.5) is 5.95 Å². The Morgan fingerprint density at radius 3 is 2.94 bits per heavy atom. The van der Waals surface area contributed by atoms with E-state index in [2.05, 4.69) is 9.97 Å². The van der Waals surface area contributed by atoms with Crippen LogP contribution in [-0.4, -0.2) is 36.2 Å².